The predicted molar refractivity (Wildman–Crippen MR) is 136 cm³/mol. The Morgan fingerprint density at radius 2 is 1.78 bits per heavy atom. The molecular formula is C26H32F3N3O3S. The molecule has 0 bridgehead atoms. The van der Waals surface area contributed by atoms with E-state index in [1.807, 2.05) is 24.6 Å². The van der Waals surface area contributed by atoms with Gasteiger partial charge < -0.3 is 14.6 Å². The third-order valence-corrected chi connectivity index (χ3v) is 7.09. The van der Waals surface area contributed by atoms with Gasteiger partial charge in [0.25, 0.3) is 5.91 Å². The van der Waals surface area contributed by atoms with Crippen molar-refractivity contribution < 1.29 is 27.9 Å². The fraction of sp³-hybridized carbons (Fsp3) is 0.500. The Kier molecular flexibility index (Phi) is 8.48. The summed E-state index contributed by atoms with van der Waals surface area (Å²) in [4.78, 5) is 29.2. The van der Waals surface area contributed by atoms with E-state index in [-0.39, 0.29) is 11.3 Å². The van der Waals surface area contributed by atoms with Crippen molar-refractivity contribution in [3.05, 3.63) is 46.4 Å². The number of carbonyl (C=O) groups excluding carboxylic acids is 1. The number of benzene rings is 1. The first-order chi connectivity index (χ1) is 16.8. The van der Waals surface area contributed by atoms with Gasteiger partial charge in [-0.1, -0.05) is 46.1 Å². The number of alkyl halides is 3. The molecular weight excluding hydrogens is 491 g/mol. The molecule has 196 valence electrons. The molecule has 0 spiro atoms. The first-order valence-electron chi connectivity index (χ1n) is 11.9. The number of carboxylic acids is 1. The summed E-state index contributed by atoms with van der Waals surface area (Å²) in [5.41, 5.74) is 3.03. The molecule has 6 nitrogen and oxygen atoms in total. The van der Waals surface area contributed by atoms with Crippen molar-refractivity contribution in [1.82, 2.24) is 9.55 Å². The van der Waals surface area contributed by atoms with Crippen LogP contribution >= 0.6 is 11.3 Å². The van der Waals surface area contributed by atoms with Crippen LogP contribution < -0.4 is 4.90 Å². The quantitative estimate of drug-likeness (QED) is 0.404. The Labute approximate surface area is 212 Å². The molecule has 1 saturated carbocycles. The van der Waals surface area contributed by atoms with E-state index in [1.165, 1.54) is 49.0 Å². The second kappa shape index (κ2) is 11.0. The number of imidazole rings is 1. The summed E-state index contributed by atoms with van der Waals surface area (Å²) in [6.45, 7) is 7.75. The molecule has 0 radical (unpaired) electrons. The molecule has 3 aromatic rings. The van der Waals surface area contributed by atoms with Crippen LogP contribution in [-0.4, -0.2) is 39.8 Å². The molecule has 2 aromatic heterocycles. The number of aromatic nitrogens is 2. The normalized spacial score (nSPS) is 14.9. The van der Waals surface area contributed by atoms with Gasteiger partial charge in [0.05, 0.1) is 15.9 Å². The van der Waals surface area contributed by atoms with Gasteiger partial charge in [0.2, 0.25) is 0 Å². The zero-order valence-electron chi connectivity index (χ0n) is 20.9. The summed E-state index contributed by atoms with van der Waals surface area (Å²) in [6.07, 6.45) is 1.63. The summed E-state index contributed by atoms with van der Waals surface area (Å²) in [5, 5.41) is 9.06. The summed E-state index contributed by atoms with van der Waals surface area (Å²) < 4.78 is 34.2. The second-order valence-electron chi connectivity index (χ2n) is 10.1. The van der Waals surface area contributed by atoms with Crippen LogP contribution in [0, 0.1) is 5.92 Å². The largest absolute Gasteiger partial charge is 0.490 e. The highest BCUT2D eigenvalue weighted by atomic mass is 32.1. The van der Waals surface area contributed by atoms with Gasteiger partial charge in [-0.15, -0.1) is 11.3 Å². The van der Waals surface area contributed by atoms with Gasteiger partial charge in [0.1, 0.15) is 5.82 Å². The van der Waals surface area contributed by atoms with Gasteiger partial charge in [-0.2, -0.15) is 13.2 Å². The van der Waals surface area contributed by atoms with Gasteiger partial charge in [-0.25, -0.2) is 9.78 Å². The lowest BCUT2D eigenvalue weighted by Gasteiger charge is -2.26. The van der Waals surface area contributed by atoms with Crippen LogP contribution in [-0.2, 0) is 16.8 Å². The van der Waals surface area contributed by atoms with Gasteiger partial charge in [0.15, 0.2) is 0 Å². The Bertz CT molecular complexity index is 1190. The van der Waals surface area contributed by atoms with E-state index in [4.69, 9.17) is 14.9 Å². The van der Waals surface area contributed by atoms with E-state index in [1.54, 1.807) is 4.90 Å². The molecule has 0 atom stereocenters. The highest BCUT2D eigenvalue weighted by Crippen LogP contribution is 2.33. The van der Waals surface area contributed by atoms with Gasteiger partial charge >= 0.3 is 12.1 Å². The molecule has 2 heterocycles. The topological polar surface area (TPSA) is 75.4 Å². The number of rotatable bonds is 4. The van der Waals surface area contributed by atoms with Crippen molar-refractivity contribution in [3.63, 3.8) is 0 Å². The Morgan fingerprint density at radius 3 is 2.31 bits per heavy atom. The van der Waals surface area contributed by atoms with Crippen molar-refractivity contribution in [2.24, 2.45) is 5.92 Å². The average Bonchev–Trinajstić information content (AvgIpc) is 3.47. The van der Waals surface area contributed by atoms with Crippen LogP contribution in [0.5, 0.6) is 0 Å². The number of nitrogens with zero attached hydrogens (tertiary/aromatic N) is 3. The molecule has 0 aliphatic heterocycles. The minimum absolute atomic E-state index is 0.0213. The molecule has 1 aromatic carbocycles. The first-order valence-corrected chi connectivity index (χ1v) is 12.8. The fourth-order valence-electron chi connectivity index (χ4n) is 4.39. The number of thiophene rings is 1. The van der Waals surface area contributed by atoms with Crippen LogP contribution in [0.25, 0.3) is 11.0 Å². The van der Waals surface area contributed by atoms with Crippen molar-refractivity contribution in [2.75, 3.05) is 11.9 Å². The summed E-state index contributed by atoms with van der Waals surface area (Å²) in [6, 6.07) is 10.1. The Balaban J connectivity index is 0.000000454. The lowest BCUT2D eigenvalue weighted by molar-refractivity contribution is -0.192. The van der Waals surface area contributed by atoms with E-state index in [0.717, 1.165) is 34.4 Å². The maximum atomic E-state index is 12.7. The number of hydrogen-bond acceptors (Lipinski definition) is 4. The van der Waals surface area contributed by atoms with Gasteiger partial charge in [0, 0.05) is 24.7 Å². The molecule has 36 heavy (non-hydrogen) atoms. The summed E-state index contributed by atoms with van der Waals surface area (Å²) in [7, 11) is 1.84. The third-order valence-electron chi connectivity index (χ3n) is 6.23. The highest BCUT2D eigenvalue weighted by Gasteiger charge is 2.38. The zero-order chi connectivity index (χ0) is 26.7. The zero-order valence-corrected chi connectivity index (χ0v) is 21.7. The Morgan fingerprint density at radius 1 is 1.14 bits per heavy atom. The van der Waals surface area contributed by atoms with Gasteiger partial charge in [-0.05, 0) is 48.4 Å². The number of carboxylic acid groups (broad SMARTS) is 1. The molecule has 1 amide bonds. The number of anilines is 1. The monoisotopic (exact) mass is 523 g/mol. The third kappa shape index (κ3) is 6.66. The van der Waals surface area contributed by atoms with Crippen LogP contribution in [0.4, 0.5) is 18.9 Å². The Hall–Kier alpha value is -2.88. The lowest BCUT2D eigenvalue weighted by Crippen LogP contribution is -2.25. The van der Waals surface area contributed by atoms with E-state index in [9.17, 15) is 18.0 Å². The van der Waals surface area contributed by atoms with Crippen molar-refractivity contribution in [2.45, 2.75) is 71.0 Å². The predicted octanol–water partition coefficient (Wildman–Crippen LogP) is 6.89. The van der Waals surface area contributed by atoms with E-state index >= 15 is 0 Å². The molecule has 4 rings (SSSR count). The molecule has 0 saturated heterocycles. The number of carbonyl (C=O) groups is 2. The number of aliphatic carboxylic acids is 1. The summed E-state index contributed by atoms with van der Waals surface area (Å²) in [5.74, 6) is -0.850. The first kappa shape index (κ1) is 27.7. The van der Waals surface area contributed by atoms with Crippen LogP contribution in [0.15, 0.2) is 35.7 Å². The van der Waals surface area contributed by atoms with Crippen molar-refractivity contribution >= 4 is 39.9 Å². The number of amides is 1. The van der Waals surface area contributed by atoms with Crippen molar-refractivity contribution in [1.29, 1.82) is 0 Å². The molecule has 0 unspecified atom stereocenters. The van der Waals surface area contributed by atoms with Crippen LogP contribution in [0.2, 0.25) is 0 Å². The van der Waals surface area contributed by atoms with E-state index in [2.05, 4.69) is 43.5 Å². The minimum atomic E-state index is -5.08. The van der Waals surface area contributed by atoms with E-state index < -0.39 is 12.1 Å². The molecule has 1 aliphatic carbocycles. The fourth-order valence-corrected chi connectivity index (χ4v) is 5.09. The lowest BCUT2D eigenvalue weighted by atomic mass is 9.88. The van der Waals surface area contributed by atoms with E-state index in [0.29, 0.717) is 0 Å². The smallest absolute Gasteiger partial charge is 0.475 e. The van der Waals surface area contributed by atoms with Gasteiger partial charge in [-0.3, -0.25) is 4.79 Å². The average molecular weight is 524 g/mol. The van der Waals surface area contributed by atoms with Crippen molar-refractivity contribution in [3.8, 4) is 0 Å². The molecule has 1 fully saturated rings. The standard InChI is InChI=1S/C24H31N3OS.C2HF3O2/c1-24(2,3)23-25-19-15-18(26(4)22(28)21-11-8-14-29-21)12-13-20(19)27(23)16-17-9-6-5-7-10-17;3-2(4,5)1(6)7/h8,11-15,17H,5-7,9-10,16H2,1-4H3;(H,6,7). The maximum absolute atomic E-state index is 12.7. The molecule has 1 aliphatic rings. The maximum Gasteiger partial charge on any atom is 0.490 e. The van der Waals surface area contributed by atoms with Crippen LogP contribution in [0.1, 0.15) is 68.4 Å². The minimum Gasteiger partial charge on any atom is -0.475 e. The summed E-state index contributed by atoms with van der Waals surface area (Å²) >= 11 is 1.48. The highest BCUT2D eigenvalue weighted by molar-refractivity contribution is 7.12. The number of halogens is 3. The molecule has 10 heteroatoms. The van der Waals surface area contributed by atoms with Crippen LogP contribution in [0.3, 0.4) is 0 Å². The number of hydrogen-bond donors (Lipinski definition) is 1. The molecule has 1 N–H and O–H groups in total. The second-order valence-corrected chi connectivity index (χ2v) is 11.1. The number of fused-ring (bicyclic) bond motifs is 1. The SMILES string of the molecule is CN(C(=O)c1cccs1)c1ccc2c(c1)nc(C(C)(C)C)n2CC1CCCCC1.O=C(O)C(F)(F)F.